The number of methoxy groups -OCH3 is 2. The third-order valence-electron chi connectivity index (χ3n) is 4.94. The number of nitrogens with zero attached hydrogens (tertiary/aromatic N) is 4. The van der Waals surface area contributed by atoms with Crippen LogP contribution in [-0.4, -0.2) is 61.4 Å². The lowest BCUT2D eigenvalue weighted by Crippen LogP contribution is -2.49. The second kappa shape index (κ2) is 8.22. The average molecular weight is 394 g/mol. The van der Waals surface area contributed by atoms with Crippen LogP contribution in [-0.2, 0) is 0 Å². The molecule has 0 spiro atoms. The molecule has 8 nitrogen and oxygen atoms in total. The van der Waals surface area contributed by atoms with Crippen LogP contribution in [0.4, 0.5) is 5.69 Å². The molecule has 2 heterocycles. The summed E-state index contributed by atoms with van der Waals surface area (Å²) < 4.78 is 16.2. The number of piperazine rings is 1. The van der Waals surface area contributed by atoms with Gasteiger partial charge in [-0.2, -0.15) is 0 Å². The monoisotopic (exact) mass is 394 g/mol. The van der Waals surface area contributed by atoms with Crippen LogP contribution >= 0.6 is 0 Å². The molecule has 1 aliphatic heterocycles. The molecule has 0 saturated carbocycles. The Labute approximate surface area is 168 Å². The van der Waals surface area contributed by atoms with Crippen LogP contribution in [0.1, 0.15) is 10.7 Å². The predicted molar refractivity (Wildman–Crippen MR) is 107 cm³/mol. The summed E-state index contributed by atoms with van der Waals surface area (Å²) in [6.07, 6.45) is 0. The van der Waals surface area contributed by atoms with Crippen molar-refractivity contribution >= 4 is 11.6 Å². The molecule has 8 heteroatoms. The van der Waals surface area contributed by atoms with E-state index >= 15 is 0 Å². The molecule has 1 fully saturated rings. The molecule has 1 aromatic heterocycles. The third-order valence-corrected chi connectivity index (χ3v) is 4.94. The zero-order chi connectivity index (χ0) is 20.2. The van der Waals surface area contributed by atoms with Crippen LogP contribution in [0.15, 0.2) is 52.9 Å². The fraction of sp³-hybridized carbons (Fsp3) is 0.286. The molecule has 29 heavy (non-hydrogen) atoms. The van der Waals surface area contributed by atoms with Crippen LogP contribution in [0.3, 0.4) is 0 Å². The molecule has 1 aliphatic rings. The minimum absolute atomic E-state index is 0.00144. The van der Waals surface area contributed by atoms with Crippen LogP contribution < -0.4 is 14.4 Å². The lowest BCUT2D eigenvalue weighted by atomic mass is 10.2. The Morgan fingerprint density at radius 2 is 1.66 bits per heavy atom. The number of aromatic nitrogens is 2. The molecule has 150 valence electrons. The zero-order valence-corrected chi connectivity index (χ0v) is 16.4. The minimum atomic E-state index is -0.253. The number of benzene rings is 2. The van der Waals surface area contributed by atoms with Gasteiger partial charge in [0.05, 0.1) is 19.9 Å². The summed E-state index contributed by atoms with van der Waals surface area (Å²) in [6, 6.07) is 15.1. The number of carbonyl (C=O) groups is 1. The fourth-order valence-electron chi connectivity index (χ4n) is 3.34. The van der Waals surface area contributed by atoms with E-state index in [9.17, 15) is 4.79 Å². The van der Waals surface area contributed by atoms with E-state index in [0.29, 0.717) is 32.1 Å². The number of hydrogen-bond donors (Lipinski definition) is 0. The van der Waals surface area contributed by atoms with Gasteiger partial charge in [0, 0.05) is 31.7 Å². The number of para-hydroxylation sites is 2. The smallest absolute Gasteiger partial charge is 0.311 e. The van der Waals surface area contributed by atoms with E-state index in [1.54, 1.807) is 31.3 Å². The molecular weight excluding hydrogens is 372 g/mol. The van der Waals surface area contributed by atoms with Gasteiger partial charge < -0.3 is 23.7 Å². The summed E-state index contributed by atoms with van der Waals surface area (Å²) in [7, 11) is 3.26. The molecule has 0 N–H and O–H groups in total. The van der Waals surface area contributed by atoms with E-state index in [2.05, 4.69) is 15.1 Å². The second-order valence-corrected chi connectivity index (χ2v) is 6.59. The summed E-state index contributed by atoms with van der Waals surface area (Å²) in [4.78, 5) is 16.7. The molecule has 3 aromatic rings. The third kappa shape index (κ3) is 3.87. The number of ether oxygens (including phenoxy) is 2. The maximum Gasteiger partial charge on any atom is 0.311 e. The highest BCUT2D eigenvalue weighted by Crippen LogP contribution is 2.28. The molecular formula is C21H22N4O4. The highest BCUT2D eigenvalue weighted by molar-refractivity contribution is 5.90. The molecule has 0 radical (unpaired) electrons. The van der Waals surface area contributed by atoms with E-state index in [4.69, 9.17) is 13.9 Å². The van der Waals surface area contributed by atoms with Crippen molar-refractivity contribution < 1.29 is 18.7 Å². The summed E-state index contributed by atoms with van der Waals surface area (Å²) in [5.41, 5.74) is 1.76. The number of carbonyl (C=O) groups excluding carboxylic acids is 1. The Morgan fingerprint density at radius 1 is 0.931 bits per heavy atom. The van der Waals surface area contributed by atoms with Crippen molar-refractivity contribution in [3.8, 4) is 23.0 Å². The first-order chi connectivity index (χ1) is 14.2. The maximum atomic E-state index is 12.8. The predicted octanol–water partition coefficient (Wildman–Crippen LogP) is 2.72. The number of hydrogen-bond acceptors (Lipinski definition) is 7. The molecule has 0 unspecified atom stereocenters. The second-order valence-electron chi connectivity index (χ2n) is 6.59. The minimum Gasteiger partial charge on any atom is -0.497 e. The van der Waals surface area contributed by atoms with Gasteiger partial charge in [0.2, 0.25) is 5.89 Å². The van der Waals surface area contributed by atoms with Gasteiger partial charge in [0.25, 0.3) is 0 Å². The lowest BCUT2D eigenvalue weighted by molar-refractivity contribution is 0.0707. The Kier molecular flexibility index (Phi) is 5.33. The van der Waals surface area contributed by atoms with Gasteiger partial charge in [-0.15, -0.1) is 10.2 Å². The lowest BCUT2D eigenvalue weighted by Gasteiger charge is -2.36. The first-order valence-corrected chi connectivity index (χ1v) is 9.35. The largest absolute Gasteiger partial charge is 0.497 e. The van der Waals surface area contributed by atoms with Crippen molar-refractivity contribution in [2.24, 2.45) is 0 Å². The summed E-state index contributed by atoms with van der Waals surface area (Å²) >= 11 is 0. The van der Waals surface area contributed by atoms with E-state index in [1.807, 2.05) is 36.4 Å². The van der Waals surface area contributed by atoms with E-state index in [-0.39, 0.29) is 11.8 Å². The van der Waals surface area contributed by atoms with Crippen LogP contribution in [0.2, 0.25) is 0 Å². The highest BCUT2D eigenvalue weighted by atomic mass is 16.5. The number of amides is 1. The number of rotatable bonds is 5. The SMILES string of the molecule is COc1ccc(-c2nnc(C(=O)N3CCN(c4ccccc4OC)CC3)o2)cc1. The standard InChI is InChI=1S/C21H22N4O4/c1-27-16-9-7-15(8-10-16)19-22-23-20(29-19)21(26)25-13-11-24(12-14-25)17-5-3-4-6-18(17)28-2/h3-10H,11-14H2,1-2H3. The molecule has 1 amide bonds. The van der Waals surface area contributed by atoms with Gasteiger partial charge >= 0.3 is 11.8 Å². The normalized spacial score (nSPS) is 14.0. The maximum absolute atomic E-state index is 12.8. The fourth-order valence-corrected chi connectivity index (χ4v) is 3.34. The molecule has 0 atom stereocenters. The summed E-state index contributed by atoms with van der Waals surface area (Å²) in [6.45, 7) is 2.53. The van der Waals surface area contributed by atoms with Crippen molar-refractivity contribution in [3.63, 3.8) is 0 Å². The van der Waals surface area contributed by atoms with Gasteiger partial charge in [0.1, 0.15) is 11.5 Å². The summed E-state index contributed by atoms with van der Waals surface area (Å²) in [5, 5.41) is 7.95. The molecule has 0 aliphatic carbocycles. The van der Waals surface area contributed by atoms with Crippen LogP contribution in [0.25, 0.3) is 11.5 Å². The Hall–Kier alpha value is -3.55. The zero-order valence-electron chi connectivity index (χ0n) is 16.4. The van der Waals surface area contributed by atoms with Crippen molar-refractivity contribution in [3.05, 3.63) is 54.4 Å². The van der Waals surface area contributed by atoms with Crippen LogP contribution in [0.5, 0.6) is 11.5 Å². The van der Waals surface area contributed by atoms with E-state index < -0.39 is 0 Å². The van der Waals surface area contributed by atoms with Crippen LogP contribution in [0, 0.1) is 0 Å². The quantitative estimate of drug-likeness (QED) is 0.658. The molecule has 2 aromatic carbocycles. The Balaban J connectivity index is 1.41. The first-order valence-electron chi connectivity index (χ1n) is 9.35. The van der Waals surface area contributed by atoms with E-state index in [1.165, 1.54) is 0 Å². The highest BCUT2D eigenvalue weighted by Gasteiger charge is 2.27. The Morgan fingerprint density at radius 3 is 2.34 bits per heavy atom. The topological polar surface area (TPSA) is 80.9 Å². The van der Waals surface area contributed by atoms with Gasteiger partial charge in [-0.25, -0.2) is 0 Å². The van der Waals surface area contributed by atoms with Gasteiger partial charge in [-0.3, -0.25) is 4.79 Å². The Bertz CT molecular complexity index is 978. The molecule has 4 rings (SSSR count). The van der Waals surface area contributed by atoms with E-state index in [0.717, 1.165) is 22.7 Å². The van der Waals surface area contributed by atoms with Crippen molar-refractivity contribution in [1.29, 1.82) is 0 Å². The van der Waals surface area contributed by atoms with Crippen molar-refractivity contribution in [2.75, 3.05) is 45.3 Å². The van der Waals surface area contributed by atoms with Gasteiger partial charge in [-0.05, 0) is 36.4 Å². The summed E-state index contributed by atoms with van der Waals surface area (Å²) in [5.74, 6) is 1.62. The number of anilines is 1. The van der Waals surface area contributed by atoms with Gasteiger partial charge in [0.15, 0.2) is 0 Å². The molecule has 0 bridgehead atoms. The van der Waals surface area contributed by atoms with Crippen molar-refractivity contribution in [2.45, 2.75) is 0 Å². The first kappa shape index (κ1) is 18.8. The average Bonchev–Trinajstić information content (AvgIpc) is 3.29. The molecule has 1 saturated heterocycles. The van der Waals surface area contributed by atoms with Crippen molar-refractivity contribution in [1.82, 2.24) is 15.1 Å². The van der Waals surface area contributed by atoms with Gasteiger partial charge in [-0.1, -0.05) is 12.1 Å².